The number of nitrogens with one attached hydrogen (secondary N) is 1. The molecule has 2 amide bonds. The maximum Gasteiger partial charge on any atom is 0.254 e. The topological polar surface area (TPSA) is 58.6 Å². The Kier molecular flexibility index (Phi) is 4.40. The van der Waals surface area contributed by atoms with Gasteiger partial charge in [0.25, 0.3) is 5.91 Å². The lowest BCUT2D eigenvalue weighted by atomic mass is 9.68. The minimum Gasteiger partial charge on any atom is -0.356 e. The number of fused-ring (bicyclic) bond motifs is 1. The Bertz CT molecular complexity index is 756. The molecule has 5 nitrogen and oxygen atoms in total. The van der Waals surface area contributed by atoms with E-state index in [0.717, 1.165) is 36.8 Å². The van der Waals surface area contributed by atoms with Gasteiger partial charge < -0.3 is 15.0 Å². The first-order valence-electron chi connectivity index (χ1n) is 10.0. The minimum absolute atomic E-state index is 0.0121. The summed E-state index contributed by atoms with van der Waals surface area (Å²) in [6.07, 6.45) is 5.38. The van der Waals surface area contributed by atoms with Crippen molar-refractivity contribution in [1.29, 1.82) is 0 Å². The smallest absolute Gasteiger partial charge is 0.254 e. The van der Waals surface area contributed by atoms with Crippen molar-refractivity contribution in [2.24, 2.45) is 17.8 Å². The van der Waals surface area contributed by atoms with Crippen LogP contribution in [0.3, 0.4) is 0 Å². The van der Waals surface area contributed by atoms with E-state index in [-0.39, 0.29) is 18.4 Å². The van der Waals surface area contributed by atoms with Gasteiger partial charge in [-0.05, 0) is 61.5 Å². The highest BCUT2D eigenvalue weighted by atomic mass is 35.5. The van der Waals surface area contributed by atoms with Crippen LogP contribution >= 0.6 is 11.6 Å². The van der Waals surface area contributed by atoms with Gasteiger partial charge in [-0.1, -0.05) is 29.8 Å². The lowest BCUT2D eigenvalue weighted by molar-refractivity contribution is -0.157. The van der Waals surface area contributed by atoms with Crippen LogP contribution < -0.4 is 5.32 Å². The first kappa shape index (κ1) is 17.5. The number of carbonyl (C=O) groups is 2. The predicted octanol–water partition coefficient (Wildman–Crippen LogP) is 2.93. The summed E-state index contributed by atoms with van der Waals surface area (Å²) in [5, 5.41) is 3.48. The van der Waals surface area contributed by atoms with Crippen LogP contribution in [0.5, 0.6) is 0 Å². The van der Waals surface area contributed by atoms with Crippen LogP contribution in [0.25, 0.3) is 0 Å². The number of carbonyl (C=O) groups excluding carboxylic acids is 2. The molecule has 3 heterocycles. The Morgan fingerprint density at radius 1 is 1.07 bits per heavy atom. The van der Waals surface area contributed by atoms with E-state index in [1.54, 1.807) is 6.07 Å². The molecule has 0 radical (unpaired) electrons. The van der Waals surface area contributed by atoms with Crippen molar-refractivity contribution < 1.29 is 14.3 Å². The fourth-order valence-corrected chi connectivity index (χ4v) is 6.21. The number of hydrogen-bond donors (Lipinski definition) is 1. The Morgan fingerprint density at radius 2 is 1.78 bits per heavy atom. The number of rotatable bonds is 2. The molecule has 0 spiro atoms. The zero-order valence-electron chi connectivity index (χ0n) is 15.3. The van der Waals surface area contributed by atoms with Crippen LogP contribution in [0.2, 0.25) is 5.02 Å². The molecule has 4 bridgehead atoms. The first-order chi connectivity index (χ1) is 13.1. The van der Waals surface area contributed by atoms with Crippen LogP contribution in [-0.2, 0) is 14.3 Å². The van der Waals surface area contributed by atoms with Gasteiger partial charge in [0.05, 0.1) is 6.04 Å². The minimum atomic E-state index is -0.710. The summed E-state index contributed by atoms with van der Waals surface area (Å²) in [4.78, 5) is 27.6. The maximum absolute atomic E-state index is 13.6. The third-order valence-corrected chi connectivity index (χ3v) is 7.23. The molecule has 5 aliphatic rings. The molecule has 1 aromatic rings. The molecule has 4 atom stereocenters. The molecule has 0 aromatic heterocycles. The summed E-state index contributed by atoms with van der Waals surface area (Å²) in [6.45, 7) is 0.754. The Morgan fingerprint density at radius 3 is 2.52 bits per heavy atom. The second-order valence-corrected chi connectivity index (χ2v) is 9.13. The van der Waals surface area contributed by atoms with E-state index >= 15 is 0 Å². The molecule has 3 aliphatic heterocycles. The zero-order chi connectivity index (χ0) is 18.5. The summed E-state index contributed by atoms with van der Waals surface area (Å²) in [5.74, 6) is 1.97. The van der Waals surface area contributed by atoms with E-state index in [1.165, 1.54) is 19.3 Å². The Labute approximate surface area is 164 Å². The van der Waals surface area contributed by atoms with Gasteiger partial charge in [0.2, 0.25) is 5.91 Å². The third-order valence-electron chi connectivity index (χ3n) is 6.89. The second kappa shape index (κ2) is 6.78. The molecule has 6 heteroatoms. The average Bonchev–Trinajstić information content (AvgIpc) is 2.85. The number of hydrogen-bond acceptors (Lipinski definition) is 3. The van der Waals surface area contributed by atoms with Gasteiger partial charge in [0.1, 0.15) is 6.61 Å². The van der Waals surface area contributed by atoms with E-state index in [4.69, 9.17) is 16.3 Å². The van der Waals surface area contributed by atoms with Gasteiger partial charge in [-0.3, -0.25) is 9.59 Å². The normalized spacial score (nSPS) is 37.8. The third kappa shape index (κ3) is 3.15. The first-order valence-corrected chi connectivity index (χ1v) is 10.4. The molecule has 6 rings (SSSR count). The van der Waals surface area contributed by atoms with Gasteiger partial charge in [0, 0.05) is 17.6 Å². The Balaban J connectivity index is 1.44. The molecule has 2 saturated carbocycles. The molecule has 1 aromatic carbocycles. The Hall–Kier alpha value is -1.59. The largest absolute Gasteiger partial charge is 0.356 e. The molecule has 2 aliphatic carbocycles. The summed E-state index contributed by atoms with van der Waals surface area (Å²) >= 11 is 6.37. The molecular weight excluding hydrogens is 364 g/mol. The molecule has 5 fully saturated rings. The number of ether oxygens (including phenoxy) is 1. The van der Waals surface area contributed by atoms with E-state index in [1.807, 2.05) is 18.2 Å². The van der Waals surface area contributed by atoms with E-state index in [9.17, 15) is 9.59 Å². The van der Waals surface area contributed by atoms with Crippen LogP contribution in [0.15, 0.2) is 24.3 Å². The lowest BCUT2D eigenvalue weighted by Gasteiger charge is -2.40. The average molecular weight is 389 g/mol. The van der Waals surface area contributed by atoms with Crippen molar-refractivity contribution in [2.45, 2.75) is 50.3 Å². The summed E-state index contributed by atoms with van der Waals surface area (Å²) in [6, 6.07) is 7.14. The van der Waals surface area contributed by atoms with Crippen LogP contribution in [-0.4, -0.2) is 42.0 Å². The van der Waals surface area contributed by atoms with Crippen molar-refractivity contribution in [3.63, 3.8) is 0 Å². The number of amides is 2. The number of morpholine rings is 1. The van der Waals surface area contributed by atoms with Crippen molar-refractivity contribution in [1.82, 2.24) is 10.2 Å². The van der Waals surface area contributed by atoms with Gasteiger partial charge in [-0.2, -0.15) is 0 Å². The molecule has 144 valence electrons. The summed E-state index contributed by atoms with van der Waals surface area (Å²) < 4.78 is 5.79. The molecule has 27 heavy (non-hydrogen) atoms. The standard InChI is InChI=1S/C21H25ClN2O3/c22-17-4-2-1-3-16(17)19-20(27-11-18(25)23-19)21(26)24-10-14-6-12-5-13(7-14)9-15(24)8-12/h1-4,12-15,19-20H,5-11H2,(H,23,25)/t12?,13?,14?,15?,19-,20+/m1/s1. The van der Waals surface area contributed by atoms with Crippen LogP contribution in [0, 0.1) is 17.8 Å². The van der Waals surface area contributed by atoms with E-state index in [2.05, 4.69) is 10.2 Å². The fourth-order valence-electron chi connectivity index (χ4n) is 5.95. The van der Waals surface area contributed by atoms with Gasteiger partial charge in [-0.25, -0.2) is 0 Å². The van der Waals surface area contributed by atoms with Crippen molar-refractivity contribution in [3.05, 3.63) is 34.9 Å². The summed E-state index contributed by atoms with van der Waals surface area (Å²) in [7, 11) is 0. The fraction of sp³-hybridized carbons (Fsp3) is 0.619. The quantitative estimate of drug-likeness (QED) is 0.847. The number of nitrogens with zero attached hydrogens (tertiary/aromatic N) is 1. The maximum atomic E-state index is 13.6. The summed E-state index contributed by atoms with van der Waals surface area (Å²) in [5.41, 5.74) is 0.742. The highest BCUT2D eigenvalue weighted by Gasteiger charge is 2.47. The molecule has 2 unspecified atom stereocenters. The van der Waals surface area contributed by atoms with E-state index < -0.39 is 12.1 Å². The van der Waals surface area contributed by atoms with E-state index in [0.29, 0.717) is 17.0 Å². The zero-order valence-corrected chi connectivity index (χ0v) is 16.0. The number of halogens is 1. The van der Waals surface area contributed by atoms with Gasteiger partial charge in [0.15, 0.2) is 6.10 Å². The van der Waals surface area contributed by atoms with Crippen molar-refractivity contribution in [2.75, 3.05) is 13.2 Å². The van der Waals surface area contributed by atoms with Crippen LogP contribution in [0.4, 0.5) is 0 Å². The van der Waals surface area contributed by atoms with Crippen molar-refractivity contribution in [3.8, 4) is 0 Å². The van der Waals surface area contributed by atoms with Gasteiger partial charge in [-0.15, -0.1) is 0 Å². The molecular formula is C21H25ClN2O3. The molecule has 1 N–H and O–H groups in total. The second-order valence-electron chi connectivity index (χ2n) is 8.72. The number of benzene rings is 1. The molecule has 3 saturated heterocycles. The SMILES string of the molecule is O=C1CO[C@H](C(=O)N2CC3CC4CC(C3)CC2C4)[C@@H](c2ccccc2Cl)N1. The lowest BCUT2D eigenvalue weighted by Crippen LogP contribution is -2.55. The highest BCUT2D eigenvalue weighted by molar-refractivity contribution is 6.31. The van der Waals surface area contributed by atoms with Gasteiger partial charge >= 0.3 is 0 Å². The van der Waals surface area contributed by atoms with Crippen LogP contribution in [0.1, 0.15) is 43.7 Å². The monoisotopic (exact) mass is 388 g/mol. The predicted molar refractivity (Wildman–Crippen MR) is 101 cm³/mol. The highest BCUT2D eigenvalue weighted by Crippen LogP contribution is 2.48. The van der Waals surface area contributed by atoms with Crippen molar-refractivity contribution >= 4 is 23.4 Å².